The van der Waals surface area contributed by atoms with Gasteiger partial charge >= 0.3 is 6.03 Å². The summed E-state index contributed by atoms with van der Waals surface area (Å²) in [6.07, 6.45) is 1.07. The summed E-state index contributed by atoms with van der Waals surface area (Å²) < 4.78 is 5.21. The van der Waals surface area contributed by atoms with Gasteiger partial charge in [0.05, 0.1) is 13.5 Å². The van der Waals surface area contributed by atoms with Gasteiger partial charge in [-0.1, -0.05) is 29.8 Å². The summed E-state index contributed by atoms with van der Waals surface area (Å²) >= 11 is 5.96. The van der Waals surface area contributed by atoms with Gasteiger partial charge < -0.3 is 19.9 Å². The maximum atomic E-state index is 12.7. The minimum atomic E-state index is -0.177. The molecule has 148 valence electrons. The standard InChI is InChI=1S/C21H24ClN3O3/c1-28-19-8-2-5-16(13-19)14-20(26)24-9-4-10-25(12-11-24)21(27)23-18-7-3-6-17(22)15-18/h2-3,5-8,13,15H,4,9-12,14H2,1H3,(H,23,27). The predicted octanol–water partition coefficient (Wildman–Crippen LogP) is 3.66. The van der Waals surface area contributed by atoms with Gasteiger partial charge in [-0.3, -0.25) is 4.79 Å². The smallest absolute Gasteiger partial charge is 0.321 e. The third kappa shape index (κ3) is 5.39. The summed E-state index contributed by atoms with van der Waals surface area (Å²) in [5, 5.41) is 3.43. The van der Waals surface area contributed by atoms with Crippen LogP contribution in [0, 0.1) is 0 Å². The van der Waals surface area contributed by atoms with Gasteiger partial charge in [0.2, 0.25) is 5.91 Å². The number of nitrogens with zero attached hydrogens (tertiary/aromatic N) is 2. The van der Waals surface area contributed by atoms with Gasteiger partial charge in [0.15, 0.2) is 0 Å². The number of methoxy groups -OCH3 is 1. The Balaban J connectivity index is 1.55. The highest BCUT2D eigenvalue weighted by Gasteiger charge is 2.22. The number of benzene rings is 2. The second-order valence-electron chi connectivity index (χ2n) is 6.69. The van der Waals surface area contributed by atoms with Crippen LogP contribution in [0.25, 0.3) is 0 Å². The molecule has 1 heterocycles. The van der Waals surface area contributed by atoms with Crippen molar-refractivity contribution in [3.8, 4) is 5.75 Å². The maximum Gasteiger partial charge on any atom is 0.321 e. The molecule has 0 aliphatic carbocycles. The van der Waals surface area contributed by atoms with Gasteiger partial charge in [-0.2, -0.15) is 0 Å². The molecular formula is C21H24ClN3O3. The first-order valence-electron chi connectivity index (χ1n) is 9.27. The molecule has 1 fully saturated rings. The van der Waals surface area contributed by atoms with Crippen LogP contribution in [-0.2, 0) is 11.2 Å². The number of nitrogens with one attached hydrogen (secondary N) is 1. The van der Waals surface area contributed by atoms with Crippen LogP contribution in [0.1, 0.15) is 12.0 Å². The molecule has 1 aliphatic heterocycles. The lowest BCUT2D eigenvalue weighted by Gasteiger charge is -2.22. The van der Waals surface area contributed by atoms with Crippen LogP contribution in [-0.4, -0.2) is 55.0 Å². The molecule has 0 atom stereocenters. The van der Waals surface area contributed by atoms with Crippen LogP contribution in [0.15, 0.2) is 48.5 Å². The molecule has 0 unspecified atom stereocenters. The maximum absolute atomic E-state index is 12.7. The summed E-state index contributed by atoms with van der Waals surface area (Å²) in [5.74, 6) is 0.801. The third-order valence-electron chi connectivity index (χ3n) is 4.70. The molecule has 2 aromatic rings. The van der Waals surface area contributed by atoms with E-state index in [1.54, 1.807) is 36.3 Å². The van der Waals surface area contributed by atoms with E-state index in [4.69, 9.17) is 16.3 Å². The van der Waals surface area contributed by atoms with Crippen LogP contribution >= 0.6 is 11.6 Å². The fourth-order valence-electron chi connectivity index (χ4n) is 3.21. The van der Waals surface area contributed by atoms with Crippen molar-refractivity contribution in [2.45, 2.75) is 12.8 Å². The minimum Gasteiger partial charge on any atom is -0.497 e. The highest BCUT2D eigenvalue weighted by Crippen LogP contribution is 2.17. The Bertz CT molecular complexity index is 843. The van der Waals surface area contributed by atoms with Gasteiger partial charge in [0.25, 0.3) is 0 Å². The van der Waals surface area contributed by atoms with E-state index < -0.39 is 0 Å². The topological polar surface area (TPSA) is 61.9 Å². The molecule has 0 bridgehead atoms. The number of rotatable bonds is 4. The van der Waals surface area contributed by atoms with Crippen LogP contribution in [0.5, 0.6) is 5.75 Å². The summed E-state index contributed by atoms with van der Waals surface area (Å²) in [6, 6.07) is 14.4. The zero-order chi connectivity index (χ0) is 19.9. The van der Waals surface area contributed by atoms with Crippen LogP contribution in [0.3, 0.4) is 0 Å². The molecule has 7 heteroatoms. The molecule has 3 rings (SSSR count). The van der Waals surface area contributed by atoms with Crippen molar-refractivity contribution < 1.29 is 14.3 Å². The van der Waals surface area contributed by atoms with E-state index >= 15 is 0 Å². The van der Waals surface area contributed by atoms with E-state index in [0.29, 0.717) is 43.3 Å². The van der Waals surface area contributed by atoms with Crippen molar-refractivity contribution in [1.82, 2.24) is 9.80 Å². The number of halogens is 1. The zero-order valence-corrected chi connectivity index (χ0v) is 16.6. The number of carbonyl (C=O) groups excluding carboxylic acids is 2. The molecule has 0 spiro atoms. The van der Waals surface area contributed by atoms with Gasteiger partial charge in [-0.05, 0) is 42.3 Å². The molecule has 3 amide bonds. The lowest BCUT2D eigenvalue weighted by atomic mass is 10.1. The van der Waals surface area contributed by atoms with Crippen LogP contribution in [0.2, 0.25) is 5.02 Å². The Kier molecular flexibility index (Phi) is 6.76. The fraction of sp³-hybridized carbons (Fsp3) is 0.333. The zero-order valence-electron chi connectivity index (χ0n) is 15.9. The molecular weight excluding hydrogens is 378 g/mol. The highest BCUT2D eigenvalue weighted by atomic mass is 35.5. The number of hydrogen-bond acceptors (Lipinski definition) is 3. The van der Waals surface area contributed by atoms with E-state index in [9.17, 15) is 9.59 Å². The first-order valence-corrected chi connectivity index (χ1v) is 9.65. The number of ether oxygens (including phenoxy) is 1. The van der Waals surface area contributed by atoms with E-state index in [2.05, 4.69) is 5.32 Å². The lowest BCUT2D eigenvalue weighted by Crippen LogP contribution is -2.39. The first-order chi connectivity index (χ1) is 13.5. The Hall–Kier alpha value is -2.73. The largest absolute Gasteiger partial charge is 0.497 e. The van der Waals surface area contributed by atoms with Crippen molar-refractivity contribution in [2.75, 3.05) is 38.6 Å². The number of anilines is 1. The molecule has 0 radical (unpaired) electrons. The van der Waals surface area contributed by atoms with E-state index in [0.717, 1.165) is 17.7 Å². The van der Waals surface area contributed by atoms with Gasteiger partial charge in [-0.15, -0.1) is 0 Å². The molecule has 1 saturated heterocycles. The van der Waals surface area contributed by atoms with E-state index in [-0.39, 0.29) is 11.9 Å². The fourth-order valence-corrected chi connectivity index (χ4v) is 3.40. The Morgan fingerprint density at radius 3 is 2.57 bits per heavy atom. The van der Waals surface area contributed by atoms with Crippen molar-refractivity contribution in [2.24, 2.45) is 0 Å². The normalized spacial score (nSPS) is 14.4. The molecule has 0 saturated carbocycles. The van der Waals surface area contributed by atoms with Crippen molar-refractivity contribution in [3.63, 3.8) is 0 Å². The second kappa shape index (κ2) is 9.46. The Morgan fingerprint density at radius 1 is 1.04 bits per heavy atom. The molecule has 28 heavy (non-hydrogen) atoms. The average Bonchev–Trinajstić information content (AvgIpc) is 2.94. The molecule has 1 N–H and O–H groups in total. The van der Waals surface area contributed by atoms with Crippen molar-refractivity contribution >= 4 is 29.2 Å². The Labute approximate surface area is 170 Å². The predicted molar refractivity (Wildman–Crippen MR) is 110 cm³/mol. The summed E-state index contributed by atoms with van der Waals surface area (Å²) in [7, 11) is 1.61. The van der Waals surface area contributed by atoms with Crippen molar-refractivity contribution in [3.05, 3.63) is 59.1 Å². The highest BCUT2D eigenvalue weighted by molar-refractivity contribution is 6.30. The summed E-state index contributed by atoms with van der Waals surface area (Å²) in [5.41, 5.74) is 1.58. The second-order valence-corrected chi connectivity index (χ2v) is 7.13. The lowest BCUT2D eigenvalue weighted by molar-refractivity contribution is -0.130. The van der Waals surface area contributed by atoms with Crippen LogP contribution in [0.4, 0.5) is 10.5 Å². The number of urea groups is 1. The molecule has 1 aliphatic rings. The van der Waals surface area contributed by atoms with Gasteiger partial charge in [-0.25, -0.2) is 4.79 Å². The minimum absolute atomic E-state index is 0.0605. The molecule has 2 aromatic carbocycles. The number of amides is 3. The van der Waals surface area contributed by atoms with E-state index in [1.807, 2.05) is 29.2 Å². The van der Waals surface area contributed by atoms with Crippen molar-refractivity contribution in [1.29, 1.82) is 0 Å². The number of hydrogen-bond donors (Lipinski definition) is 1. The quantitative estimate of drug-likeness (QED) is 0.850. The van der Waals surface area contributed by atoms with Gasteiger partial charge in [0.1, 0.15) is 5.75 Å². The monoisotopic (exact) mass is 401 g/mol. The summed E-state index contributed by atoms with van der Waals surface area (Å²) in [6.45, 7) is 2.26. The summed E-state index contributed by atoms with van der Waals surface area (Å²) in [4.78, 5) is 28.8. The number of carbonyl (C=O) groups is 2. The Morgan fingerprint density at radius 2 is 1.79 bits per heavy atom. The first kappa shape index (κ1) is 20.0. The molecule has 0 aromatic heterocycles. The third-order valence-corrected chi connectivity index (χ3v) is 4.94. The SMILES string of the molecule is COc1cccc(CC(=O)N2CCCN(C(=O)Nc3cccc(Cl)c3)CC2)c1. The molecule has 6 nitrogen and oxygen atoms in total. The van der Waals surface area contributed by atoms with Gasteiger partial charge in [0, 0.05) is 36.9 Å². The van der Waals surface area contributed by atoms with E-state index in [1.165, 1.54) is 0 Å². The van der Waals surface area contributed by atoms with Crippen LogP contribution < -0.4 is 10.1 Å². The average molecular weight is 402 g/mol.